The largest absolute Gasteiger partial charge is 0.356 e. The lowest BCUT2D eigenvalue weighted by molar-refractivity contribution is -0.115. The van der Waals surface area contributed by atoms with Gasteiger partial charge in [-0.05, 0) is 38.1 Å². The highest BCUT2D eigenvalue weighted by atomic mass is 127. The average molecular weight is 563 g/mol. The van der Waals surface area contributed by atoms with Crippen LogP contribution in [0.5, 0.6) is 0 Å². The zero-order valence-electron chi connectivity index (χ0n) is 18.3. The molecule has 0 radical (unpaired) electrons. The molecule has 1 atom stereocenters. The van der Waals surface area contributed by atoms with Crippen LogP contribution in [0.1, 0.15) is 18.9 Å². The molecule has 2 aromatic rings. The summed E-state index contributed by atoms with van der Waals surface area (Å²) in [6.45, 7) is 3.38. The number of aliphatic imine (C=N–C) groups is 1. The maximum Gasteiger partial charge on any atom is 0.243 e. The molecule has 2 aromatic carbocycles. The first-order chi connectivity index (χ1) is 14.8. The smallest absolute Gasteiger partial charge is 0.243 e. The highest BCUT2D eigenvalue weighted by Gasteiger charge is 2.15. The van der Waals surface area contributed by atoms with Crippen molar-refractivity contribution >= 4 is 41.5 Å². The number of hydrogen-bond acceptors (Lipinski definition) is 3. The first-order valence-corrected chi connectivity index (χ1v) is 9.93. The number of nitrogens with zero attached hydrogens (tertiary/aromatic N) is 2. The van der Waals surface area contributed by atoms with E-state index >= 15 is 0 Å². The summed E-state index contributed by atoms with van der Waals surface area (Å²) in [5, 5.41) is 8.11. The third kappa shape index (κ3) is 8.65. The van der Waals surface area contributed by atoms with Crippen molar-refractivity contribution in [1.82, 2.24) is 15.5 Å². The number of rotatable bonds is 9. The van der Waals surface area contributed by atoms with E-state index in [1.165, 1.54) is 5.56 Å². The molecule has 3 N–H and O–H groups in total. The molecule has 1 amide bonds. The zero-order chi connectivity index (χ0) is 22.8. The molecule has 0 fully saturated rings. The minimum absolute atomic E-state index is 0. The van der Waals surface area contributed by atoms with Crippen LogP contribution in [0.3, 0.4) is 0 Å². The Morgan fingerprint density at radius 3 is 2.41 bits per heavy atom. The summed E-state index contributed by atoms with van der Waals surface area (Å²) >= 11 is 0. The lowest BCUT2D eigenvalue weighted by atomic mass is 10.1. The minimum Gasteiger partial charge on any atom is -0.356 e. The number of halogens is 4. The van der Waals surface area contributed by atoms with Crippen LogP contribution in [-0.4, -0.2) is 50.0 Å². The number of anilines is 1. The standard InChI is InChI=1S/C22H28F3N5O.HI/c1-15(30(3)14-16-7-5-4-6-8-16)11-12-27-22(26-2)28-13-19(31)29-18-10-9-17(23)20(24)21(18)25;/h4-10,15H,11-14H2,1-3H3,(H,29,31)(H2,26,27,28);1H. The van der Waals surface area contributed by atoms with Gasteiger partial charge < -0.3 is 16.0 Å². The molecule has 0 heterocycles. The Morgan fingerprint density at radius 2 is 1.75 bits per heavy atom. The molecule has 6 nitrogen and oxygen atoms in total. The van der Waals surface area contributed by atoms with E-state index in [-0.39, 0.29) is 30.5 Å². The van der Waals surface area contributed by atoms with E-state index in [1.54, 1.807) is 7.05 Å². The lowest BCUT2D eigenvalue weighted by Crippen LogP contribution is -2.43. The normalized spacial score (nSPS) is 12.2. The van der Waals surface area contributed by atoms with Gasteiger partial charge in [-0.1, -0.05) is 30.3 Å². The van der Waals surface area contributed by atoms with E-state index < -0.39 is 29.0 Å². The molecule has 1 unspecified atom stereocenters. The quantitative estimate of drug-likeness (QED) is 0.188. The summed E-state index contributed by atoms with van der Waals surface area (Å²) in [6, 6.07) is 12.2. The van der Waals surface area contributed by atoms with Crippen LogP contribution in [0.4, 0.5) is 18.9 Å². The van der Waals surface area contributed by atoms with E-state index in [9.17, 15) is 18.0 Å². The van der Waals surface area contributed by atoms with Crippen LogP contribution in [0, 0.1) is 17.5 Å². The molecule has 2 rings (SSSR count). The minimum atomic E-state index is -1.63. The second-order valence-corrected chi connectivity index (χ2v) is 7.16. The van der Waals surface area contributed by atoms with E-state index in [1.807, 2.05) is 18.2 Å². The molecule has 0 aliphatic carbocycles. The summed E-state index contributed by atoms with van der Waals surface area (Å²) < 4.78 is 39.9. The number of amides is 1. The Bertz CT molecular complexity index is 899. The van der Waals surface area contributed by atoms with E-state index in [4.69, 9.17) is 0 Å². The van der Waals surface area contributed by atoms with Crippen molar-refractivity contribution in [3.63, 3.8) is 0 Å². The fourth-order valence-electron chi connectivity index (χ4n) is 2.85. The lowest BCUT2D eigenvalue weighted by Gasteiger charge is -2.25. The Kier molecular flexibility index (Phi) is 12.1. The van der Waals surface area contributed by atoms with Gasteiger partial charge in [0.25, 0.3) is 0 Å². The van der Waals surface area contributed by atoms with Crippen LogP contribution < -0.4 is 16.0 Å². The van der Waals surface area contributed by atoms with Gasteiger partial charge in [0.2, 0.25) is 5.91 Å². The van der Waals surface area contributed by atoms with E-state index in [0.29, 0.717) is 18.5 Å². The maximum absolute atomic E-state index is 13.6. The van der Waals surface area contributed by atoms with Gasteiger partial charge in [-0.25, -0.2) is 13.2 Å². The number of carbonyl (C=O) groups excluding carboxylic acids is 1. The van der Waals surface area contributed by atoms with Crippen molar-refractivity contribution in [2.24, 2.45) is 4.99 Å². The first kappa shape index (κ1) is 27.7. The maximum atomic E-state index is 13.6. The predicted octanol–water partition coefficient (Wildman–Crippen LogP) is 3.74. The SMILES string of the molecule is CN=C(NCCC(C)N(C)Cc1ccccc1)NCC(=O)Nc1ccc(F)c(F)c1F.I. The molecule has 0 aliphatic rings. The zero-order valence-corrected chi connectivity index (χ0v) is 20.6. The van der Waals surface area contributed by atoms with Gasteiger partial charge in [-0.2, -0.15) is 0 Å². The summed E-state index contributed by atoms with van der Waals surface area (Å²) in [5.41, 5.74) is 0.815. The third-order valence-electron chi connectivity index (χ3n) is 4.83. The molecule has 0 bridgehead atoms. The molecule has 10 heteroatoms. The fourth-order valence-corrected chi connectivity index (χ4v) is 2.85. The van der Waals surface area contributed by atoms with Gasteiger partial charge in [0.05, 0.1) is 12.2 Å². The third-order valence-corrected chi connectivity index (χ3v) is 4.83. The van der Waals surface area contributed by atoms with Crippen LogP contribution in [-0.2, 0) is 11.3 Å². The van der Waals surface area contributed by atoms with Crippen molar-refractivity contribution in [3.8, 4) is 0 Å². The number of hydrogen-bond donors (Lipinski definition) is 3. The number of guanidine groups is 1. The summed E-state index contributed by atoms with van der Waals surface area (Å²) in [4.78, 5) is 18.3. The van der Waals surface area contributed by atoms with Crippen molar-refractivity contribution in [3.05, 3.63) is 65.5 Å². The van der Waals surface area contributed by atoms with Crippen molar-refractivity contribution in [1.29, 1.82) is 0 Å². The monoisotopic (exact) mass is 563 g/mol. The molecule has 0 aromatic heterocycles. The van der Waals surface area contributed by atoms with Crippen molar-refractivity contribution in [2.75, 3.05) is 32.5 Å². The van der Waals surface area contributed by atoms with Gasteiger partial charge in [-0.3, -0.25) is 14.7 Å². The molecule has 0 aliphatic heterocycles. The molecular weight excluding hydrogens is 534 g/mol. The Balaban J connectivity index is 0.00000512. The predicted molar refractivity (Wildman–Crippen MR) is 132 cm³/mol. The van der Waals surface area contributed by atoms with Gasteiger partial charge in [0.15, 0.2) is 23.4 Å². The van der Waals surface area contributed by atoms with Gasteiger partial charge in [0.1, 0.15) is 0 Å². The van der Waals surface area contributed by atoms with E-state index in [2.05, 4.69) is 51.9 Å². The van der Waals surface area contributed by atoms with Crippen LogP contribution in [0.2, 0.25) is 0 Å². The summed E-state index contributed by atoms with van der Waals surface area (Å²) in [5.74, 6) is -4.61. The van der Waals surface area contributed by atoms with Crippen LogP contribution >= 0.6 is 24.0 Å². The molecule has 0 spiro atoms. The van der Waals surface area contributed by atoms with E-state index in [0.717, 1.165) is 25.1 Å². The van der Waals surface area contributed by atoms with Gasteiger partial charge in [-0.15, -0.1) is 24.0 Å². The topological polar surface area (TPSA) is 68.8 Å². The number of carbonyl (C=O) groups is 1. The Hall–Kier alpha value is -2.34. The van der Waals surface area contributed by atoms with Gasteiger partial charge in [0, 0.05) is 26.2 Å². The highest BCUT2D eigenvalue weighted by molar-refractivity contribution is 14.0. The molecule has 176 valence electrons. The summed E-state index contributed by atoms with van der Waals surface area (Å²) in [6.07, 6.45) is 0.844. The van der Waals surface area contributed by atoms with Crippen LogP contribution in [0.25, 0.3) is 0 Å². The van der Waals surface area contributed by atoms with Crippen LogP contribution in [0.15, 0.2) is 47.5 Å². The molecule has 32 heavy (non-hydrogen) atoms. The highest BCUT2D eigenvalue weighted by Crippen LogP contribution is 2.19. The summed E-state index contributed by atoms with van der Waals surface area (Å²) in [7, 11) is 3.62. The van der Waals surface area contributed by atoms with Crippen molar-refractivity contribution in [2.45, 2.75) is 25.9 Å². The molecule has 0 saturated carbocycles. The van der Waals surface area contributed by atoms with Gasteiger partial charge >= 0.3 is 0 Å². The molecular formula is C22H29F3IN5O. The Morgan fingerprint density at radius 1 is 1.06 bits per heavy atom. The number of benzene rings is 2. The first-order valence-electron chi connectivity index (χ1n) is 9.93. The average Bonchev–Trinajstić information content (AvgIpc) is 2.77. The second kappa shape index (κ2) is 13.9. The van der Waals surface area contributed by atoms with Crippen molar-refractivity contribution < 1.29 is 18.0 Å². The molecule has 0 saturated heterocycles. The Labute approximate surface area is 203 Å². The second-order valence-electron chi connectivity index (χ2n) is 7.16. The number of nitrogens with one attached hydrogen (secondary N) is 3. The fraction of sp³-hybridized carbons (Fsp3) is 0.364.